The molecule has 0 spiro atoms. The number of rotatable bonds is 6. The van der Waals surface area contributed by atoms with Crippen LogP contribution in [0.15, 0.2) is 0 Å². The molecule has 18 heavy (non-hydrogen) atoms. The van der Waals surface area contributed by atoms with Crippen LogP contribution in [0.5, 0.6) is 0 Å². The van der Waals surface area contributed by atoms with E-state index in [-0.39, 0.29) is 24.3 Å². The second kappa shape index (κ2) is 7.36. The minimum absolute atomic E-state index is 0.00762. The van der Waals surface area contributed by atoms with Crippen molar-refractivity contribution in [3.8, 4) is 0 Å². The quantitative estimate of drug-likeness (QED) is 0.662. The maximum atomic E-state index is 11.9. The SMILES string of the molecule is CC(C)C(CC(=O)O)NC(=O)CC1CCCNC1. The molecule has 104 valence electrons. The van der Waals surface area contributed by atoms with E-state index < -0.39 is 5.97 Å². The van der Waals surface area contributed by atoms with Crippen molar-refractivity contribution in [2.24, 2.45) is 11.8 Å². The predicted molar refractivity (Wildman–Crippen MR) is 69.2 cm³/mol. The van der Waals surface area contributed by atoms with Crippen molar-refractivity contribution in [3.63, 3.8) is 0 Å². The molecule has 5 nitrogen and oxygen atoms in total. The summed E-state index contributed by atoms with van der Waals surface area (Å²) in [7, 11) is 0. The summed E-state index contributed by atoms with van der Waals surface area (Å²) in [4.78, 5) is 22.6. The molecule has 2 atom stereocenters. The molecule has 1 aliphatic heterocycles. The Hall–Kier alpha value is -1.10. The Morgan fingerprint density at radius 2 is 2.17 bits per heavy atom. The standard InChI is InChI=1S/C13H24N2O3/c1-9(2)11(7-13(17)18)15-12(16)6-10-4-3-5-14-8-10/h9-11,14H,3-8H2,1-2H3,(H,15,16)(H,17,18). The summed E-state index contributed by atoms with van der Waals surface area (Å²) in [5.41, 5.74) is 0. The highest BCUT2D eigenvalue weighted by Gasteiger charge is 2.22. The van der Waals surface area contributed by atoms with Crippen LogP contribution < -0.4 is 10.6 Å². The first-order chi connectivity index (χ1) is 8.49. The fraction of sp³-hybridized carbons (Fsp3) is 0.846. The molecule has 3 N–H and O–H groups in total. The number of nitrogens with one attached hydrogen (secondary N) is 2. The van der Waals surface area contributed by atoms with Gasteiger partial charge in [0, 0.05) is 12.5 Å². The predicted octanol–water partition coefficient (Wildman–Crippen LogP) is 0.992. The highest BCUT2D eigenvalue weighted by atomic mass is 16.4. The van der Waals surface area contributed by atoms with E-state index in [1.54, 1.807) is 0 Å². The smallest absolute Gasteiger partial charge is 0.305 e. The number of hydrogen-bond donors (Lipinski definition) is 3. The molecule has 1 rings (SSSR count). The molecule has 0 radical (unpaired) electrons. The van der Waals surface area contributed by atoms with E-state index in [2.05, 4.69) is 10.6 Å². The molecule has 1 heterocycles. The summed E-state index contributed by atoms with van der Waals surface area (Å²) in [5, 5.41) is 14.9. The zero-order valence-corrected chi connectivity index (χ0v) is 11.2. The van der Waals surface area contributed by atoms with Crippen LogP contribution in [0.4, 0.5) is 0 Å². The third-order valence-corrected chi connectivity index (χ3v) is 3.42. The van der Waals surface area contributed by atoms with Gasteiger partial charge in [-0.2, -0.15) is 0 Å². The first-order valence-corrected chi connectivity index (χ1v) is 6.71. The van der Waals surface area contributed by atoms with Crippen molar-refractivity contribution in [2.75, 3.05) is 13.1 Å². The lowest BCUT2D eigenvalue weighted by molar-refractivity contribution is -0.138. The van der Waals surface area contributed by atoms with Crippen molar-refractivity contribution < 1.29 is 14.7 Å². The monoisotopic (exact) mass is 256 g/mol. The Morgan fingerprint density at radius 3 is 2.67 bits per heavy atom. The van der Waals surface area contributed by atoms with Crippen LogP contribution >= 0.6 is 0 Å². The number of hydrogen-bond acceptors (Lipinski definition) is 3. The van der Waals surface area contributed by atoms with Gasteiger partial charge in [-0.15, -0.1) is 0 Å². The van der Waals surface area contributed by atoms with Gasteiger partial charge in [0.15, 0.2) is 0 Å². The van der Waals surface area contributed by atoms with Gasteiger partial charge in [0.1, 0.15) is 0 Å². The van der Waals surface area contributed by atoms with Gasteiger partial charge in [0.2, 0.25) is 5.91 Å². The highest BCUT2D eigenvalue weighted by Crippen LogP contribution is 2.14. The van der Waals surface area contributed by atoms with E-state index in [4.69, 9.17) is 5.11 Å². The van der Waals surface area contributed by atoms with Crippen molar-refractivity contribution in [1.82, 2.24) is 10.6 Å². The normalized spacial score (nSPS) is 21.6. The first-order valence-electron chi connectivity index (χ1n) is 6.71. The van der Waals surface area contributed by atoms with Crippen LogP contribution in [0.25, 0.3) is 0 Å². The van der Waals surface area contributed by atoms with Crippen molar-refractivity contribution in [1.29, 1.82) is 0 Å². The van der Waals surface area contributed by atoms with E-state index in [1.165, 1.54) is 0 Å². The second-order valence-electron chi connectivity index (χ2n) is 5.43. The Kier molecular flexibility index (Phi) is 6.12. The summed E-state index contributed by atoms with van der Waals surface area (Å²) >= 11 is 0. The molecule has 0 bridgehead atoms. The number of carboxylic acid groups (broad SMARTS) is 1. The highest BCUT2D eigenvalue weighted by molar-refractivity contribution is 5.77. The largest absolute Gasteiger partial charge is 0.481 e. The number of amides is 1. The maximum Gasteiger partial charge on any atom is 0.305 e. The lowest BCUT2D eigenvalue weighted by Crippen LogP contribution is -2.42. The number of aliphatic carboxylic acids is 1. The van der Waals surface area contributed by atoms with Gasteiger partial charge >= 0.3 is 5.97 Å². The molecule has 0 saturated carbocycles. The molecule has 2 unspecified atom stereocenters. The van der Waals surface area contributed by atoms with E-state index in [1.807, 2.05) is 13.8 Å². The lowest BCUT2D eigenvalue weighted by atomic mass is 9.95. The van der Waals surface area contributed by atoms with E-state index in [0.717, 1.165) is 25.9 Å². The summed E-state index contributed by atoms with van der Waals surface area (Å²) in [6.07, 6.45) is 2.68. The van der Waals surface area contributed by atoms with Crippen molar-refractivity contribution in [2.45, 2.75) is 45.6 Å². The van der Waals surface area contributed by atoms with Gasteiger partial charge in [-0.3, -0.25) is 9.59 Å². The molecule has 0 aliphatic carbocycles. The van der Waals surface area contributed by atoms with Crippen LogP contribution in [-0.4, -0.2) is 36.1 Å². The molecule has 1 amide bonds. The first kappa shape index (κ1) is 15.0. The molecule has 0 aromatic rings. The zero-order chi connectivity index (χ0) is 13.5. The van der Waals surface area contributed by atoms with Gasteiger partial charge in [0.25, 0.3) is 0 Å². The fourth-order valence-corrected chi connectivity index (χ4v) is 2.27. The van der Waals surface area contributed by atoms with Crippen molar-refractivity contribution in [3.05, 3.63) is 0 Å². The number of carbonyl (C=O) groups is 2. The summed E-state index contributed by atoms with van der Waals surface area (Å²) in [5.74, 6) is -0.372. The zero-order valence-electron chi connectivity index (χ0n) is 11.2. The van der Waals surface area contributed by atoms with Gasteiger partial charge in [-0.25, -0.2) is 0 Å². The Morgan fingerprint density at radius 1 is 1.44 bits per heavy atom. The van der Waals surface area contributed by atoms with Crippen LogP contribution in [0.2, 0.25) is 0 Å². The molecule has 1 saturated heterocycles. The topological polar surface area (TPSA) is 78.4 Å². The minimum Gasteiger partial charge on any atom is -0.481 e. The van der Waals surface area contributed by atoms with Gasteiger partial charge in [-0.05, 0) is 37.8 Å². The second-order valence-corrected chi connectivity index (χ2v) is 5.43. The molecule has 1 fully saturated rings. The van der Waals surface area contributed by atoms with E-state index in [0.29, 0.717) is 12.3 Å². The third kappa shape index (κ3) is 5.49. The number of carbonyl (C=O) groups excluding carboxylic acids is 1. The molecule has 0 aromatic carbocycles. The molecular formula is C13H24N2O3. The Balaban J connectivity index is 2.37. The number of piperidine rings is 1. The van der Waals surface area contributed by atoms with Crippen LogP contribution in [-0.2, 0) is 9.59 Å². The third-order valence-electron chi connectivity index (χ3n) is 3.42. The summed E-state index contributed by atoms with van der Waals surface area (Å²) in [6, 6.07) is -0.272. The van der Waals surface area contributed by atoms with Crippen molar-refractivity contribution >= 4 is 11.9 Å². The van der Waals surface area contributed by atoms with Gasteiger partial charge in [0.05, 0.1) is 6.42 Å². The van der Waals surface area contributed by atoms with Crippen LogP contribution in [0, 0.1) is 11.8 Å². The van der Waals surface area contributed by atoms with E-state index >= 15 is 0 Å². The average Bonchev–Trinajstić information content (AvgIpc) is 2.28. The molecule has 0 aromatic heterocycles. The number of carboxylic acids is 1. The lowest BCUT2D eigenvalue weighted by Gasteiger charge is -2.25. The Labute approximate surface area is 108 Å². The molecule has 1 aliphatic rings. The van der Waals surface area contributed by atoms with Gasteiger partial charge < -0.3 is 15.7 Å². The Bertz CT molecular complexity index is 286. The summed E-state index contributed by atoms with van der Waals surface area (Å²) in [6.45, 7) is 5.77. The maximum absolute atomic E-state index is 11.9. The van der Waals surface area contributed by atoms with Crippen LogP contribution in [0.1, 0.15) is 39.5 Å². The van der Waals surface area contributed by atoms with Gasteiger partial charge in [-0.1, -0.05) is 13.8 Å². The summed E-state index contributed by atoms with van der Waals surface area (Å²) < 4.78 is 0. The van der Waals surface area contributed by atoms with E-state index in [9.17, 15) is 9.59 Å². The minimum atomic E-state index is -0.867. The molecule has 5 heteroatoms. The van der Waals surface area contributed by atoms with Crippen LogP contribution in [0.3, 0.4) is 0 Å². The molecular weight excluding hydrogens is 232 g/mol. The average molecular weight is 256 g/mol. The fourth-order valence-electron chi connectivity index (χ4n) is 2.27.